The van der Waals surface area contributed by atoms with Gasteiger partial charge in [0.25, 0.3) is 0 Å². The van der Waals surface area contributed by atoms with E-state index in [0.717, 1.165) is 61.7 Å². The molecule has 164 valence electrons. The first kappa shape index (κ1) is 21.3. The average molecular weight is 432 g/mol. The van der Waals surface area contributed by atoms with E-state index in [2.05, 4.69) is 38.9 Å². The van der Waals surface area contributed by atoms with Crippen LogP contribution in [0.5, 0.6) is 0 Å². The fourth-order valence-corrected chi connectivity index (χ4v) is 5.87. The van der Waals surface area contributed by atoms with Crippen LogP contribution in [-0.2, 0) is 17.7 Å². The molecular weight excluding hydrogens is 398 g/mol. The molecule has 0 spiro atoms. The lowest BCUT2D eigenvalue weighted by molar-refractivity contribution is 0.0489. The normalized spacial score (nSPS) is 24.4. The van der Waals surface area contributed by atoms with Gasteiger partial charge >= 0.3 is 6.09 Å². The minimum Gasteiger partial charge on any atom is -0.444 e. The lowest BCUT2D eigenvalue weighted by Gasteiger charge is -2.31. The van der Waals surface area contributed by atoms with Gasteiger partial charge in [-0.15, -0.1) is 21.5 Å². The Morgan fingerprint density at radius 1 is 1.17 bits per heavy atom. The molecule has 1 aliphatic heterocycles. The Balaban J connectivity index is 1.46. The van der Waals surface area contributed by atoms with Gasteiger partial charge in [0.15, 0.2) is 0 Å². The Hall–Kier alpha value is -1.96. The molecule has 0 unspecified atom stereocenters. The van der Waals surface area contributed by atoms with Gasteiger partial charge in [-0.25, -0.2) is 9.78 Å². The second-order valence-electron chi connectivity index (χ2n) is 9.71. The third-order valence-electron chi connectivity index (χ3n) is 6.05. The second kappa shape index (κ2) is 8.29. The van der Waals surface area contributed by atoms with E-state index in [1.807, 2.05) is 32.1 Å². The van der Waals surface area contributed by atoms with Crippen LogP contribution in [0.3, 0.4) is 0 Å². The summed E-state index contributed by atoms with van der Waals surface area (Å²) in [5.41, 5.74) is 0.687. The Morgan fingerprint density at radius 2 is 1.97 bits per heavy atom. The SMILES string of the molecule is Cc1nc(C)c([C@H]2CCc3nnc([C@H]4CCC[C@@H](NC(=O)OC(C)(C)C)C4)n3C2)s1. The van der Waals surface area contributed by atoms with Crippen molar-refractivity contribution in [2.24, 2.45) is 0 Å². The highest BCUT2D eigenvalue weighted by Gasteiger charge is 2.33. The van der Waals surface area contributed by atoms with E-state index in [1.54, 1.807) is 0 Å². The number of nitrogens with one attached hydrogen (secondary N) is 1. The number of ether oxygens (including phenoxy) is 1. The van der Waals surface area contributed by atoms with Gasteiger partial charge < -0.3 is 14.6 Å². The number of carbonyl (C=O) groups excluding carboxylic acids is 1. The van der Waals surface area contributed by atoms with Crippen molar-refractivity contribution in [3.8, 4) is 0 Å². The number of nitrogens with zero attached hydrogens (tertiary/aromatic N) is 4. The smallest absolute Gasteiger partial charge is 0.407 e. The molecule has 3 atom stereocenters. The first-order chi connectivity index (χ1) is 14.2. The van der Waals surface area contributed by atoms with Crippen LogP contribution in [0.25, 0.3) is 0 Å². The van der Waals surface area contributed by atoms with E-state index < -0.39 is 5.60 Å². The number of amides is 1. The minimum atomic E-state index is -0.480. The summed E-state index contributed by atoms with van der Waals surface area (Å²) < 4.78 is 7.80. The van der Waals surface area contributed by atoms with Crippen LogP contribution in [-0.4, -0.2) is 37.5 Å². The second-order valence-corrected chi connectivity index (χ2v) is 10.9. The van der Waals surface area contributed by atoms with Gasteiger partial charge in [0.05, 0.1) is 10.7 Å². The molecule has 30 heavy (non-hydrogen) atoms. The Morgan fingerprint density at radius 3 is 2.67 bits per heavy atom. The van der Waals surface area contributed by atoms with E-state index in [4.69, 9.17) is 4.74 Å². The first-order valence-electron chi connectivity index (χ1n) is 11.0. The molecule has 1 fully saturated rings. The molecule has 7 nitrogen and oxygen atoms in total. The van der Waals surface area contributed by atoms with Gasteiger partial charge in [-0.05, 0) is 60.3 Å². The molecule has 0 aromatic carbocycles. The lowest BCUT2D eigenvalue weighted by atomic mass is 9.84. The van der Waals surface area contributed by atoms with Crippen molar-refractivity contribution in [2.75, 3.05) is 0 Å². The third kappa shape index (κ3) is 4.68. The topological polar surface area (TPSA) is 81.9 Å². The van der Waals surface area contributed by atoms with Crippen molar-refractivity contribution in [1.29, 1.82) is 0 Å². The highest BCUT2D eigenvalue weighted by Crippen LogP contribution is 2.38. The molecule has 2 aliphatic rings. The van der Waals surface area contributed by atoms with Crippen molar-refractivity contribution in [1.82, 2.24) is 25.1 Å². The quantitative estimate of drug-likeness (QED) is 0.766. The number of hydrogen-bond acceptors (Lipinski definition) is 6. The van der Waals surface area contributed by atoms with Crippen LogP contribution in [0.2, 0.25) is 0 Å². The number of alkyl carbamates (subject to hydrolysis) is 1. The molecule has 0 radical (unpaired) electrons. The lowest BCUT2D eigenvalue weighted by Crippen LogP contribution is -2.41. The molecule has 1 aliphatic carbocycles. The molecular formula is C22H33N5O2S. The largest absolute Gasteiger partial charge is 0.444 e. The summed E-state index contributed by atoms with van der Waals surface area (Å²) in [6.45, 7) is 10.8. The molecule has 2 aromatic heterocycles. The fourth-order valence-electron chi connectivity index (χ4n) is 4.82. The van der Waals surface area contributed by atoms with Crippen molar-refractivity contribution < 1.29 is 9.53 Å². The minimum absolute atomic E-state index is 0.123. The van der Waals surface area contributed by atoms with Gasteiger partial charge in [0.2, 0.25) is 0 Å². The summed E-state index contributed by atoms with van der Waals surface area (Å²) in [5, 5.41) is 13.3. The molecule has 8 heteroatoms. The van der Waals surface area contributed by atoms with Gasteiger partial charge in [-0.2, -0.15) is 0 Å². The molecule has 2 aromatic rings. The Labute approximate surface area is 182 Å². The Kier molecular flexibility index (Phi) is 5.88. The molecule has 0 bridgehead atoms. The molecule has 1 saturated carbocycles. The molecule has 0 saturated heterocycles. The maximum atomic E-state index is 12.2. The van der Waals surface area contributed by atoms with Gasteiger partial charge in [-0.3, -0.25) is 0 Å². The predicted octanol–water partition coefficient (Wildman–Crippen LogP) is 4.63. The number of thiazole rings is 1. The number of hydrogen-bond donors (Lipinski definition) is 1. The summed E-state index contributed by atoms with van der Waals surface area (Å²) >= 11 is 1.82. The summed E-state index contributed by atoms with van der Waals surface area (Å²) in [6.07, 6.45) is 5.78. The number of fused-ring (bicyclic) bond motifs is 1. The van der Waals surface area contributed by atoms with E-state index in [9.17, 15) is 4.79 Å². The molecule has 3 heterocycles. The van der Waals surface area contributed by atoms with Crippen LogP contribution < -0.4 is 5.32 Å². The zero-order valence-electron chi connectivity index (χ0n) is 18.7. The van der Waals surface area contributed by atoms with Crippen LogP contribution in [0.4, 0.5) is 4.79 Å². The van der Waals surface area contributed by atoms with E-state index in [1.165, 1.54) is 10.6 Å². The van der Waals surface area contributed by atoms with Crippen LogP contribution in [0.15, 0.2) is 0 Å². The zero-order valence-corrected chi connectivity index (χ0v) is 19.5. The summed E-state index contributed by atoms with van der Waals surface area (Å²) in [7, 11) is 0. The van der Waals surface area contributed by atoms with Crippen molar-refractivity contribution in [3.63, 3.8) is 0 Å². The zero-order chi connectivity index (χ0) is 21.5. The van der Waals surface area contributed by atoms with Gasteiger partial charge in [0.1, 0.15) is 17.2 Å². The fraction of sp³-hybridized carbons (Fsp3) is 0.727. The molecule has 1 N–H and O–H groups in total. The van der Waals surface area contributed by atoms with E-state index >= 15 is 0 Å². The van der Waals surface area contributed by atoms with E-state index in [-0.39, 0.29) is 12.1 Å². The molecule has 4 rings (SSSR count). The van der Waals surface area contributed by atoms with E-state index in [0.29, 0.717) is 11.8 Å². The van der Waals surface area contributed by atoms with Crippen molar-refractivity contribution >= 4 is 17.4 Å². The van der Waals surface area contributed by atoms with Crippen molar-refractivity contribution in [3.05, 3.63) is 27.2 Å². The molecule has 1 amide bonds. The first-order valence-corrected chi connectivity index (χ1v) is 11.9. The van der Waals surface area contributed by atoms with Crippen LogP contribution in [0.1, 0.15) is 91.9 Å². The Bertz CT molecular complexity index is 913. The predicted molar refractivity (Wildman–Crippen MR) is 117 cm³/mol. The summed E-state index contributed by atoms with van der Waals surface area (Å²) in [4.78, 5) is 18.3. The highest BCUT2D eigenvalue weighted by molar-refractivity contribution is 7.11. The third-order valence-corrected chi connectivity index (χ3v) is 7.28. The number of aryl methyl sites for hydroxylation is 3. The number of rotatable bonds is 3. The maximum Gasteiger partial charge on any atom is 0.407 e. The monoisotopic (exact) mass is 431 g/mol. The number of carbonyl (C=O) groups is 1. The van der Waals surface area contributed by atoms with Crippen LogP contribution in [0, 0.1) is 13.8 Å². The maximum absolute atomic E-state index is 12.2. The average Bonchev–Trinajstić information content (AvgIpc) is 3.22. The van der Waals surface area contributed by atoms with Gasteiger partial charge in [-0.1, -0.05) is 6.42 Å². The summed E-state index contributed by atoms with van der Waals surface area (Å²) in [5.74, 6) is 2.99. The standard InChI is InChI=1S/C22H33N5O2S/c1-13-19(30-14(2)23-13)16-9-10-18-25-26-20(27(18)12-16)15-7-6-8-17(11-15)24-21(28)29-22(3,4)5/h15-17H,6-12H2,1-5H3,(H,24,28)/t15-,16-,17+/m0/s1. The van der Waals surface area contributed by atoms with Crippen molar-refractivity contribution in [2.45, 2.75) is 103 Å². The summed E-state index contributed by atoms with van der Waals surface area (Å²) in [6, 6.07) is 0.123. The highest BCUT2D eigenvalue weighted by atomic mass is 32.1. The van der Waals surface area contributed by atoms with Crippen LogP contribution >= 0.6 is 11.3 Å². The van der Waals surface area contributed by atoms with Gasteiger partial charge in [0, 0.05) is 35.7 Å². The number of aromatic nitrogens is 4.